The summed E-state index contributed by atoms with van der Waals surface area (Å²) in [4.78, 5) is 12.1. The van der Waals surface area contributed by atoms with Crippen LogP contribution in [-0.4, -0.2) is 28.5 Å². The number of carboxylic acid groups (broad SMARTS) is 1. The van der Waals surface area contributed by atoms with Gasteiger partial charge in [0.15, 0.2) is 0 Å². The van der Waals surface area contributed by atoms with Crippen LogP contribution < -0.4 is 5.32 Å². The predicted octanol–water partition coefficient (Wildman–Crippen LogP) is 0.0509. The Morgan fingerprint density at radius 3 is 3.00 bits per heavy atom. The van der Waals surface area contributed by atoms with Crippen molar-refractivity contribution in [3.05, 3.63) is 11.9 Å². The van der Waals surface area contributed by atoms with E-state index in [0.29, 0.717) is 0 Å². The van der Waals surface area contributed by atoms with Crippen LogP contribution in [0, 0.1) is 0 Å². The lowest BCUT2D eigenvalue weighted by Gasteiger charge is -2.19. The first kappa shape index (κ1) is 8.26. The molecule has 1 heterocycles. The van der Waals surface area contributed by atoms with Gasteiger partial charge in [0.2, 0.25) is 0 Å². The Bertz CT molecular complexity index is 205. The summed E-state index contributed by atoms with van der Waals surface area (Å²) in [7, 11) is 1.80. The third kappa shape index (κ3) is 1.80. The van der Waals surface area contributed by atoms with Crippen molar-refractivity contribution in [1.82, 2.24) is 10.2 Å². The topological polar surface area (TPSA) is 52.6 Å². The fraction of sp³-hybridized carbons (Fsp3) is 0.500. The van der Waals surface area contributed by atoms with Gasteiger partial charge in [-0.15, -0.1) is 12.6 Å². The second kappa shape index (κ2) is 3.04. The van der Waals surface area contributed by atoms with Crippen molar-refractivity contribution in [3.8, 4) is 0 Å². The van der Waals surface area contributed by atoms with E-state index in [0.717, 1.165) is 5.70 Å². The van der Waals surface area contributed by atoms with E-state index < -0.39 is 5.97 Å². The smallest absolute Gasteiger partial charge is 0.309 e. The van der Waals surface area contributed by atoms with Crippen LogP contribution in [0.3, 0.4) is 0 Å². The highest BCUT2D eigenvalue weighted by Crippen LogP contribution is 2.16. The molecular weight excluding hydrogens is 164 g/mol. The third-order valence-corrected chi connectivity index (χ3v) is 2.05. The molecule has 4 nitrogen and oxygen atoms in total. The standard InChI is InChI=1S/C6H10N2O2S/c1-8-4(2-5(9)10)3-7-6(8)11/h3,6-7,11H,2H2,1H3,(H,9,10). The van der Waals surface area contributed by atoms with Crippen LogP contribution in [0.25, 0.3) is 0 Å². The highest BCUT2D eigenvalue weighted by atomic mass is 32.1. The first-order valence-corrected chi connectivity index (χ1v) is 3.70. The van der Waals surface area contributed by atoms with Gasteiger partial charge >= 0.3 is 5.97 Å². The fourth-order valence-electron chi connectivity index (χ4n) is 0.872. The summed E-state index contributed by atoms with van der Waals surface area (Å²) in [5, 5.41) is 11.3. The van der Waals surface area contributed by atoms with Crippen LogP contribution in [0.15, 0.2) is 11.9 Å². The number of hydrogen-bond acceptors (Lipinski definition) is 4. The van der Waals surface area contributed by atoms with E-state index in [9.17, 15) is 4.79 Å². The van der Waals surface area contributed by atoms with Gasteiger partial charge in [0.1, 0.15) is 5.50 Å². The molecule has 0 saturated heterocycles. The van der Waals surface area contributed by atoms with Gasteiger partial charge in [-0.25, -0.2) is 0 Å². The van der Waals surface area contributed by atoms with Gasteiger partial charge in [0.05, 0.1) is 6.42 Å². The van der Waals surface area contributed by atoms with E-state index in [2.05, 4.69) is 17.9 Å². The average molecular weight is 174 g/mol. The second-order valence-corrected chi connectivity index (χ2v) is 2.85. The lowest BCUT2D eigenvalue weighted by molar-refractivity contribution is -0.136. The van der Waals surface area contributed by atoms with Gasteiger partial charge in [-0.3, -0.25) is 4.79 Å². The summed E-state index contributed by atoms with van der Waals surface area (Å²) in [5.41, 5.74) is 0.654. The first-order valence-electron chi connectivity index (χ1n) is 3.19. The van der Waals surface area contributed by atoms with E-state index >= 15 is 0 Å². The molecule has 5 heteroatoms. The highest BCUT2D eigenvalue weighted by molar-refractivity contribution is 7.80. The minimum atomic E-state index is -0.827. The van der Waals surface area contributed by atoms with Crippen molar-refractivity contribution in [2.45, 2.75) is 11.9 Å². The number of aliphatic carboxylic acids is 1. The summed E-state index contributed by atoms with van der Waals surface area (Å²) in [6, 6.07) is 0. The van der Waals surface area contributed by atoms with Crippen LogP contribution in [0.2, 0.25) is 0 Å². The van der Waals surface area contributed by atoms with Crippen molar-refractivity contribution < 1.29 is 9.90 Å². The van der Waals surface area contributed by atoms with E-state index in [-0.39, 0.29) is 11.9 Å². The molecule has 1 atom stereocenters. The zero-order chi connectivity index (χ0) is 8.43. The number of nitrogens with zero attached hydrogens (tertiary/aromatic N) is 1. The van der Waals surface area contributed by atoms with Crippen molar-refractivity contribution in [3.63, 3.8) is 0 Å². The van der Waals surface area contributed by atoms with Crippen LogP contribution >= 0.6 is 12.6 Å². The molecular formula is C6H10N2O2S. The molecule has 2 N–H and O–H groups in total. The molecule has 62 valence electrons. The van der Waals surface area contributed by atoms with Gasteiger partial charge in [-0.1, -0.05) is 0 Å². The Morgan fingerprint density at radius 1 is 2.00 bits per heavy atom. The second-order valence-electron chi connectivity index (χ2n) is 2.36. The summed E-state index contributed by atoms with van der Waals surface area (Å²) in [6.07, 6.45) is 1.71. The molecule has 0 saturated carbocycles. The van der Waals surface area contributed by atoms with Crippen LogP contribution in [-0.2, 0) is 4.79 Å². The van der Waals surface area contributed by atoms with Crippen molar-refractivity contribution in [1.29, 1.82) is 0 Å². The molecule has 0 bridgehead atoms. The molecule has 0 fully saturated rings. The van der Waals surface area contributed by atoms with Gasteiger partial charge in [0, 0.05) is 18.9 Å². The maximum atomic E-state index is 10.3. The molecule has 1 aliphatic rings. The Morgan fingerprint density at radius 2 is 2.64 bits per heavy atom. The SMILES string of the molecule is CN1C(CC(=O)O)=CNC1S. The molecule has 0 spiro atoms. The quantitative estimate of drug-likeness (QED) is 0.518. The van der Waals surface area contributed by atoms with Crippen molar-refractivity contribution in [2.24, 2.45) is 0 Å². The number of hydrogen-bond donors (Lipinski definition) is 3. The van der Waals surface area contributed by atoms with E-state index in [4.69, 9.17) is 5.11 Å². The molecule has 0 aromatic rings. The maximum Gasteiger partial charge on any atom is 0.309 e. The zero-order valence-electron chi connectivity index (χ0n) is 6.11. The summed E-state index contributed by atoms with van der Waals surface area (Å²) in [5.74, 6) is -0.827. The Kier molecular flexibility index (Phi) is 2.28. The lowest BCUT2D eigenvalue weighted by Crippen LogP contribution is -2.28. The molecule has 1 aliphatic heterocycles. The Balaban J connectivity index is 2.54. The molecule has 1 unspecified atom stereocenters. The fourth-order valence-corrected chi connectivity index (χ4v) is 1.09. The Labute approximate surface area is 70.3 Å². The van der Waals surface area contributed by atoms with Crippen LogP contribution in [0.5, 0.6) is 0 Å². The molecule has 0 aliphatic carbocycles. The van der Waals surface area contributed by atoms with Gasteiger partial charge in [-0.05, 0) is 0 Å². The summed E-state index contributed by atoms with van der Waals surface area (Å²) < 4.78 is 0. The number of carbonyl (C=O) groups is 1. The Hall–Kier alpha value is -0.840. The number of rotatable bonds is 2. The number of thiol groups is 1. The van der Waals surface area contributed by atoms with Gasteiger partial charge < -0.3 is 15.3 Å². The lowest BCUT2D eigenvalue weighted by atomic mass is 10.3. The summed E-state index contributed by atoms with van der Waals surface area (Å²) >= 11 is 4.14. The number of nitrogens with one attached hydrogen (secondary N) is 1. The van der Waals surface area contributed by atoms with Gasteiger partial charge in [-0.2, -0.15) is 0 Å². The van der Waals surface area contributed by atoms with E-state index in [1.54, 1.807) is 18.1 Å². The van der Waals surface area contributed by atoms with Gasteiger partial charge in [0.25, 0.3) is 0 Å². The predicted molar refractivity (Wildman–Crippen MR) is 44.0 cm³/mol. The average Bonchev–Trinajstić information content (AvgIpc) is 2.18. The largest absolute Gasteiger partial charge is 0.481 e. The number of carboxylic acids is 1. The third-order valence-electron chi connectivity index (χ3n) is 1.55. The molecule has 1 rings (SSSR count). The minimum Gasteiger partial charge on any atom is -0.481 e. The highest BCUT2D eigenvalue weighted by Gasteiger charge is 2.19. The monoisotopic (exact) mass is 174 g/mol. The van der Waals surface area contributed by atoms with Crippen LogP contribution in [0.1, 0.15) is 6.42 Å². The van der Waals surface area contributed by atoms with E-state index in [1.807, 2.05) is 0 Å². The molecule has 0 aromatic heterocycles. The first-order chi connectivity index (χ1) is 5.11. The maximum absolute atomic E-state index is 10.3. The molecule has 11 heavy (non-hydrogen) atoms. The zero-order valence-corrected chi connectivity index (χ0v) is 7.01. The van der Waals surface area contributed by atoms with E-state index in [1.165, 1.54) is 0 Å². The normalized spacial score (nSPS) is 22.9. The van der Waals surface area contributed by atoms with Crippen molar-refractivity contribution in [2.75, 3.05) is 7.05 Å². The molecule has 0 amide bonds. The van der Waals surface area contributed by atoms with Crippen molar-refractivity contribution >= 4 is 18.6 Å². The summed E-state index contributed by atoms with van der Waals surface area (Å²) in [6.45, 7) is 0. The molecule has 0 radical (unpaired) electrons. The molecule has 0 aromatic carbocycles. The minimum absolute atomic E-state index is 0.0422. The van der Waals surface area contributed by atoms with Crippen LogP contribution in [0.4, 0.5) is 0 Å².